The van der Waals surface area contributed by atoms with Crippen molar-refractivity contribution in [1.82, 2.24) is 9.55 Å². The Hall–Kier alpha value is -1.40. The number of aliphatic hydroxyl groups is 2. The van der Waals surface area contributed by atoms with Crippen LogP contribution in [0.15, 0.2) is 15.8 Å². The summed E-state index contributed by atoms with van der Waals surface area (Å²) in [5, 5.41) is 19.4. The maximum absolute atomic E-state index is 11.8. The van der Waals surface area contributed by atoms with Gasteiger partial charge in [-0.25, -0.2) is 4.79 Å². The number of aromatic nitrogens is 2. The highest BCUT2D eigenvalue weighted by Gasteiger charge is 2.67. The van der Waals surface area contributed by atoms with Gasteiger partial charge in [0.25, 0.3) is 5.56 Å². The van der Waals surface area contributed by atoms with Gasteiger partial charge in [0.2, 0.25) is 0 Å². The minimum atomic E-state index is -0.573. The van der Waals surface area contributed by atoms with Crippen LogP contribution in [0.3, 0.4) is 0 Å². The standard InChI is InChI=1S/C12H16N2O4/c1-6-4-14(11(18)13-10(6)17)8-2-9(16)12(5-15)3-7(8)12/h4,7-9,15-16H,2-3,5H2,1H3,(H,13,17,18)/t7-,8?,9-,12-/m0/s1. The van der Waals surface area contributed by atoms with Crippen molar-refractivity contribution in [2.75, 3.05) is 6.61 Å². The van der Waals surface area contributed by atoms with Crippen LogP contribution in [-0.4, -0.2) is 32.5 Å². The van der Waals surface area contributed by atoms with Crippen molar-refractivity contribution in [2.24, 2.45) is 11.3 Å². The smallest absolute Gasteiger partial charge is 0.328 e. The molecule has 2 saturated carbocycles. The van der Waals surface area contributed by atoms with Crippen LogP contribution < -0.4 is 11.2 Å². The molecule has 0 aliphatic heterocycles. The molecule has 1 unspecified atom stereocenters. The van der Waals surface area contributed by atoms with Crippen molar-refractivity contribution in [3.8, 4) is 0 Å². The second-order valence-electron chi connectivity index (χ2n) is 5.50. The van der Waals surface area contributed by atoms with Gasteiger partial charge in [0.05, 0.1) is 12.7 Å². The van der Waals surface area contributed by atoms with Gasteiger partial charge in [0.15, 0.2) is 0 Å². The number of rotatable bonds is 2. The molecule has 3 rings (SSSR count). The van der Waals surface area contributed by atoms with Crippen LogP contribution in [0.1, 0.15) is 24.4 Å². The molecule has 3 N–H and O–H groups in total. The highest BCUT2D eigenvalue weighted by molar-refractivity contribution is 5.17. The van der Waals surface area contributed by atoms with Crippen LogP contribution in [0.4, 0.5) is 0 Å². The average molecular weight is 252 g/mol. The highest BCUT2D eigenvalue weighted by atomic mass is 16.3. The first-order valence-electron chi connectivity index (χ1n) is 6.10. The lowest BCUT2D eigenvalue weighted by molar-refractivity contribution is 0.0599. The topological polar surface area (TPSA) is 95.3 Å². The Balaban J connectivity index is 2.02. The molecule has 0 bridgehead atoms. The fourth-order valence-electron chi connectivity index (χ4n) is 3.31. The SMILES string of the molecule is Cc1cn(C2C[C@H](O)[C@]3(CO)C[C@@H]23)c(=O)[nH]c1=O. The number of nitrogens with zero attached hydrogens (tertiary/aromatic N) is 1. The molecule has 0 amide bonds. The van der Waals surface area contributed by atoms with E-state index in [4.69, 9.17) is 0 Å². The number of H-pyrrole nitrogens is 1. The van der Waals surface area contributed by atoms with E-state index in [-0.39, 0.29) is 24.1 Å². The van der Waals surface area contributed by atoms with E-state index in [2.05, 4.69) is 4.98 Å². The number of aryl methyl sites for hydroxylation is 1. The summed E-state index contributed by atoms with van der Waals surface area (Å²) in [5.41, 5.74) is -0.762. The molecule has 6 heteroatoms. The summed E-state index contributed by atoms with van der Waals surface area (Å²) in [6.07, 6.45) is 2.16. The predicted molar refractivity (Wildman–Crippen MR) is 63.3 cm³/mol. The molecule has 0 saturated heterocycles. The van der Waals surface area contributed by atoms with Crippen molar-refractivity contribution < 1.29 is 10.2 Å². The molecule has 0 aromatic carbocycles. The molecular formula is C12H16N2O4. The zero-order chi connectivity index (χ0) is 13.1. The summed E-state index contributed by atoms with van der Waals surface area (Å²) >= 11 is 0. The molecule has 2 aliphatic rings. The molecule has 98 valence electrons. The van der Waals surface area contributed by atoms with Gasteiger partial charge in [-0.05, 0) is 25.7 Å². The Morgan fingerprint density at radius 3 is 2.83 bits per heavy atom. The number of aromatic amines is 1. The number of fused-ring (bicyclic) bond motifs is 1. The third kappa shape index (κ3) is 1.36. The molecule has 18 heavy (non-hydrogen) atoms. The van der Waals surface area contributed by atoms with E-state index in [0.717, 1.165) is 6.42 Å². The lowest BCUT2D eigenvalue weighted by atomic mass is 10.0. The van der Waals surface area contributed by atoms with Crippen molar-refractivity contribution in [3.05, 3.63) is 32.6 Å². The van der Waals surface area contributed by atoms with E-state index in [1.165, 1.54) is 4.57 Å². The number of hydrogen-bond acceptors (Lipinski definition) is 4. The van der Waals surface area contributed by atoms with Crippen LogP contribution in [0, 0.1) is 18.3 Å². The van der Waals surface area contributed by atoms with Crippen LogP contribution >= 0.6 is 0 Å². The third-order valence-electron chi connectivity index (χ3n) is 4.57. The van der Waals surface area contributed by atoms with Gasteiger partial charge in [0, 0.05) is 23.2 Å². The largest absolute Gasteiger partial charge is 0.396 e. The van der Waals surface area contributed by atoms with Gasteiger partial charge >= 0.3 is 5.69 Å². The molecular weight excluding hydrogens is 236 g/mol. The summed E-state index contributed by atoms with van der Waals surface area (Å²) < 4.78 is 1.50. The first kappa shape index (κ1) is 11.7. The Morgan fingerprint density at radius 2 is 2.28 bits per heavy atom. The highest BCUT2D eigenvalue weighted by Crippen LogP contribution is 2.66. The van der Waals surface area contributed by atoms with E-state index < -0.39 is 17.2 Å². The Bertz CT molecular complexity index is 605. The van der Waals surface area contributed by atoms with Crippen LogP contribution in [0.5, 0.6) is 0 Å². The van der Waals surface area contributed by atoms with Crippen LogP contribution in [0.2, 0.25) is 0 Å². The Morgan fingerprint density at radius 1 is 1.56 bits per heavy atom. The lowest BCUT2D eigenvalue weighted by Crippen LogP contribution is -2.33. The van der Waals surface area contributed by atoms with Crippen molar-refractivity contribution in [1.29, 1.82) is 0 Å². The molecule has 0 radical (unpaired) electrons. The Labute approximate surface area is 103 Å². The van der Waals surface area contributed by atoms with Gasteiger partial charge < -0.3 is 10.2 Å². The quantitative estimate of drug-likeness (QED) is 0.639. The summed E-state index contributed by atoms with van der Waals surface area (Å²) in [4.78, 5) is 25.4. The predicted octanol–water partition coefficient (Wildman–Crippen LogP) is -0.851. The van der Waals surface area contributed by atoms with Gasteiger partial charge in [0.1, 0.15) is 0 Å². The van der Waals surface area contributed by atoms with E-state index in [1.54, 1.807) is 13.1 Å². The summed E-state index contributed by atoms with van der Waals surface area (Å²) in [5.74, 6) is 0.125. The summed E-state index contributed by atoms with van der Waals surface area (Å²) in [7, 11) is 0. The van der Waals surface area contributed by atoms with Gasteiger partial charge in [-0.1, -0.05) is 0 Å². The maximum atomic E-state index is 11.8. The second kappa shape index (κ2) is 3.55. The first-order valence-corrected chi connectivity index (χ1v) is 6.10. The van der Waals surface area contributed by atoms with Crippen molar-refractivity contribution in [3.63, 3.8) is 0 Å². The lowest BCUT2D eigenvalue weighted by Gasteiger charge is -2.17. The van der Waals surface area contributed by atoms with Gasteiger partial charge in [-0.15, -0.1) is 0 Å². The molecule has 2 fully saturated rings. The van der Waals surface area contributed by atoms with E-state index >= 15 is 0 Å². The monoisotopic (exact) mass is 252 g/mol. The molecule has 4 atom stereocenters. The zero-order valence-electron chi connectivity index (χ0n) is 10.1. The minimum absolute atomic E-state index is 0.0492. The number of nitrogens with one attached hydrogen (secondary N) is 1. The zero-order valence-corrected chi connectivity index (χ0v) is 10.1. The molecule has 1 aromatic heterocycles. The first-order chi connectivity index (χ1) is 8.49. The van der Waals surface area contributed by atoms with E-state index in [9.17, 15) is 19.8 Å². The second-order valence-corrected chi connectivity index (χ2v) is 5.50. The van der Waals surface area contributed by atoms with Crippen molar-refractivity contribution >= 4 is 0 Å². The summed E-state index contributed by atoms with van der Waals surface area (Å²) in [6, 6.07) is -0.129. The normalized spacial score (nSPS) is 37.6. The minimum Gasteiger partial charge on any atom is -0.396 e. The van der Waals surface area contributed by atoms with Gasteiger partial charge in [-0.3, -0.25) is 14.3 Å². The molecule has 2 aliphatic carbocycles. The number of aliphatic hydroxyl groups excluding tert-OH is 2. The summed E-state index contributed by atoms with van der Waals surface area (Å²) in [6.45, 7) is 1.60. The average Bonchev–Trinajstić information content (AvgIpc) is 3.01. The maximum Gasteiger partial charge on any atom is 0.328 e. The van der Waals surface area contributed by atoms with Crippen LogP contribution in [-0.2, 0) is 0 Å². The van der Waals surface area contributed by atoms with Crippen molar-refractivity contribution in [2.45, 2.75) is 31.9 Å². The van der Waals surface area contributed by atoms with Crippen LogP contribution in [0.25, 0.3) is 0 Å². The third-order valence-corrected chi connectivity index (χ3v) is 4.57. The molecule has 6 nitrogen and oxygen atoms in total. The number of hydrogen-bond donors (Lipinski definition) is 3. The fourth-order valence-corrected chi connectivity index (χ4v) is 3.31. The molecule has 1 heterocycles. The molecule has 1 aromatic rings. The van der Waals surface area contributed by atoms with Gasteiger partial charge in [-0.2, -0.15) is 0 Å². The van der Waals surface area contributed by atoms with E-state index in [1.807, 2.05) is 0 Å². The van der Waals surface area contributed by atoms with E-state index in [0.29, 0.717) is 12.0 Å². The molecule has 0 spiro atoms. The fraction of sp³-hybridized carbons (Fsp3) is 0.667. The Kier molecular flexibility index (Phi) is 2.30.